The molecule has 0 amide bonds. The zero-order valence-corrected chi connectivity index (χ0v) is 10.8. The van der Waals surface area contributed by atoms with Gasteiger partial charge in [0.2, 0.25) is 0 Å². The molecule has 0 saturated heterocycles. The minimum Gasteiger partial charge on any atom is -0.325 e. The van der Waals surface area contributed by atoms with Gasteiger partial charge in [0, 0.05) is 18.8 Å². The van der Waals surface area contributed by atoms with Crippen molar-refractivity contribution in [1.29, 1.82) is 0 Å². The maximum absolute atomic E-state index is 13.8. The van der Waals surface area contributed by atoms with Crippen molar-refractivity contribution >= 4 is 11.0 Å². The molecule has 0 radical (unpaired) electrons. The average Bonchev–Trinajstić information content (AvgIpc) is 2.75. The largest absolute Gasteiger partial charge is 0.325 e. The smallest absolute Gasteiger partial charge is 0.184 e. The molecule has 3 rings (SSSR count). The minimum absolute atomic E-state index is 0.0451. The van der Waals surface area contributed by atoms with Crippen molar-refractivity contribution in [3.05, 3.63) is 47.5 Å². The van der Waals surface area contributed by atoms with Gasteiger partial charge < -0.3 is 4.57 Å². The molecule has 1 aromatic carbocycles. The second-order valence-corrected chi connectivity index (χ2v) is 4.52. The predicted octanol–water partition coefficient (Wildman–Crippen LogP) is 3.36. The van der Waals surface area contributed by atoms with Crippen molar-refractivity contribution < 1.29 is 13.2 Å². The number of aromatic nitrogens is 3. The third-order valence-corrected chi connectivity index (χ3v) is 3.32. The third-order valence-electron chi connectivity index (χ3n) is 3.32. The molecule has 102 valence electrons. The van der Waals surface area contributed by atoms with E-state index < -0.39 is 17.5 Å². The van der Waals surface area contributed by atoms with Gasteiger partial charge in [-0.1, -0.05) is 0 Å². The lowest BCUT2D eigenvalue weighted by Gasteiger charge is -2.06. The summed E-state index contributed by atoms with van der Waals surface area (Å²) >= 11 is 0. The Morgan fingerprint density at radius 3 is 2.55 bits per heavy atom. The Balaban J connectivity index is 2.36. The summed E-state index contributed by atoms with van der Waals surface area (Å²) in [7, 11) is 1.55. The lowest BCUT2D eigenvalue weighted by molar-refractivity contribution is 0.513. The van der Waals surface area contributed by atoms with E-state index in [1.807, 2.05) is 0 Å². The summed E-state index contributed by atoms with van der Waals surface area (Å²) in [6, 6.07) is 2.41. The summed E-state index contributed by atoms with van der Waals surface area (Å²) < 4.78 is 42.1. The van der Waals surface area contributed by atoms with E-state index in [0.717, 1.165) is 12.3 Å². The molecule has 2 heterocycles. The molecule has 20 heavy (non-hydrogen) atoms. The average molecular weight is 277 g/mol. The second-order valence-electron chi connectivity index (χ2n) is 4.52. The Kier molecular flexibility index (Phi) is 2.74. The van der Waals surface area contributed by atoms with Crippen LogP contribution in [0.1, 0.15) is 5.56 Å². The molecular formula is C14H10F3N3. The third kappa shape index (κ3) is 1.68. The molecule has 6 heteroatoms. The first-order chi connectivity index (χ1) is 9.50. The highest BCUT2D eigenvalue weighted by Gasteiger charge is 2.18. The fourth-order valence-corrected chi connectivity index (χ4v) is 2.20. The van der Waals surface area contributed by atoms with Gasteiger partial charge in [-0.05, 0) is 24.6 Å². The summed E-state index contributed by atoms with van der Waals surface area (Å²) in [5.41, 5.74) is 1.16. The number of hydrogen-bond donors (Lipinski definition) is 0. The van der Waals surface area contributed by atoms with Gasteiger partial charge in [-0.15, -0.1) is 0 Å². The van der Waals surface area contributed by atoms with Gasteiger partial charge in [0.15, 0.2) is 11.6 Å². The summed E-state index contributed by atoms with van der Waals surface area (Å²) in [5, 5.41) is 0. The van der Waals surface area contributed by atoms with E-state index in [-0.39, 0.29) is 5.52 Å². The number of rotatable bonds is 1. The maximum atomic E-state index is 13.8. The number of benzene rings is 1. The molecule has 0 fully saturated rings. The molecule has 0 bridgehead atoms. The molecule has 0 saturated carbocycles. The fourth-order valence-electron chi connectivity index (χ4n) is 2.20. The molecule has 3 nitrogen and oxygen atoms in total. The first kappa shape index (κ1) is 12.7. The summed E-state index contributed by atoms with van der Waals surface area (Å²) in [6.07, 6.45) is 2.55. The molecule has 0 spiro atoms. The molecule has 0 aliphatic heterocycles. The van der Waals surface area contributed by atoms with E-state index >= 15 is 0 Å². The van der Waals surface area contributed by atoms with Crippen LogP contribution in [-0.2, 0) is 7.05 Å². The van der Waals surface area contributed by atoms with Gasteiger partial charge in [-0.25, -0.2) is 18.2 Å². The number of imidazole rings is 1. The molecule has 0 aliphatic rings. The van der Waals surface area contributed by atoms with E-state index in [1.54, 1.807) is 14.0 Å². The first-order valence-corrected chi connectivity index (χ1v) is 5.91. The molecule has 3 aromatic rings. The van der Waals surface area contributed by atoms with E-state index in [9.17, 15) is 13.2 Å². The zero-order valence-electron chi connectivity index (χ0n) is 10.8. The number of pyridine rings is 1. The Morgan fingerprint density at radius 1 is 1.05 bits per heavy atom. The quantitative estimate of drug-likeness (QED) is 0.683. The van der Waals surface area contributed by atoms with E-state index in [4.69, 9.17) is 0 Å². The Morgan fingerprint density at radius 2 is 1.80 bits per heavy atom. The van der Waals surface area contributed by atoms with Crippen LogP contribution >= 0.6 is 0 Å². The summed E-state index contributed by atoms with van der Waals surface area (Å²) in [6.45, 7) is 1.59. The maximum Gasteiger partial charge on any atom is 0.184 e. The fraction of sp³-hybridized carbons (Fsp3) is 0.143. The topological polar surface area (TPSA) is 30.7 Å². The molecular weight excluding hydrogens is 267 g/mol. The highest BCUT2D eigenvalue weighted by molar-refractivity contribution is 5.81. The standard InChI is InChI=1S/C14H10F3N3/c1-7-8(5-18-6-10(7)16)14-19-11-4-3-9(15)12(17)13(11)20(14)2/h3-6H,1-2H3. The number of hydrogen-bond acceptors (Lipinski definition) is 2. The van der Waals surface area contributed by atoms with Crippen molar-refractivity contribution in [1.82, 2.24) is 14.5 Å². The number of halogens is 3. The molecule has 0 N–H and O–H groups in total. The van der Waals surface area contributed by atoms with Crippen LogP contribution in [0.15, 0.2) is 24.5 Å². The normalized spacial score (nSPS) is 11.2. The van der Waals surface area contributed by atoms with Crippen LogP contribution in [-0.4, -0.2) is 14.5 Å². The van der Waals surface area contributed by atoms with Crippen molar-refractivity contribution in [3.8, 4) is 11.4 Å². The van der Waals surface area contributed by atoms with Crippen LogP contribution in [0.4, 0.5) is 13.2 Å². The van der Waals surface area contributed by atoms with Crippen molar-refractivity contribution in [2.24, 2.45) is 7.05 Å². The number of nitrogens with zero attached hydrogens (tertiary/aromatic N) is 3. The summed E-state index contributed by atoms with van der Waals surface area (Å²) in [5.74, 6) is -2.04. The Labute approximate surface area is 112 Å². The first-order valence-electron chi connectivity index (χ1n) is 5.91. The van der Waals surface area contributed by atoms with Crippen LogP contribution in [0.3, 0.4) is 0 Å². The summed E-state index contributed by atoms with van der Waals surface area (Å²) in [4.78, 5) is 8.01. The molecule has 0 aliphatic carbocycles. The van der Waals surface area contributed by atoms with Gasteiger partial charge in [0.05, 0.1) is 11.7 Å². The molecule has 0 unspecified atom stereocenters. The second kappa shape index (κ2) is 4.33. The van der Waals surface area contributed by atoms with Crippen LogP contribution in [0.5, 0.6) is 0 Å². The van der Waals surface area contributed by atoms with Gasteiger partial charge >= 0.3 is 0 Å². The van der Waals surface area contributed by atoms with Crippen molar-refractivity contribution in [2.75, 3.05) is 0 Å². The van der Waals surface area contributed by atoms with Crippen molar-refractivity contribution in [3.63, 3.8) is 0 Å². The lowest BCUT2D eigenvalue weighted by atomic mass is 10.1. The lowest BCUT2D eigenvalue weighted by Crippen LogP contribution is -1.98. The van der Waals surface area contributed by atoms with Crippen LogP contribution in [0.2, 0.25) is 0 Å². The Hall–Kier alpha value is -2.37. The Bertz CT molecular complexity index is 824. The zero-order chi connectivity index (χ0) is 14.4. The van der Waals surface area contributed by atoms with Crippen LogP contribution in [0.25, 0.3) is 22.4 Å². The minimum atomic E-state index is -0.967. The van der Waals surface area contributed by atoms with E-state index in [1.165, 1.54) is 16.8 Å². The predicted molar refractivity (Wildman–Crippen MR) is 68.6 cm³/mol. The monoisotopic (exact) mass is 277 g/mol. The highest BCUT2D eigenvalue weighted by Crippen LogP contribution is 2.28. The van der Waals surface area contributed by atoms with Crippen LogP contribution in [0, 0.1) is 24.4 Å². The molecule has 0 atom stereocenters. The molecule has 2 aromatic heterocycles. The van der Waals surface area contributed by atoms with E-state index in [0.29, 0.717) is 22.5 Å². The van der Waals surface area contributed by atoms with Crippen LogP contribution < -0.4 is 0 Å². The van der Waals surface area contributed by atoms with E-state index in [2.05, 4.69) is 9.97 Å². The van der Waals surface area contributed by atoms with Gasteiger partial charge in [-0.3, -0.25) is 4.98 Å². The van der Waals surface area contributed by atoms with Gasteiger partial charge in [0.1, 0.15) is 17.2 Å². The highest BCUT2D eigenvalue weighted by atomic mass is 19.2. The number of fused-ring (bicyclic) bond motifs is 1. The number of aryl methyl sites for hydroxylation is 1. The SMILES string of the molecule is Cc1c(F)cncc1-c1nc2ccc(F)c(F)c2n1C. The van der Waals surface area contributed by atoms with Gasteiger partial charge in [-0.2, -0.15) is 0 Å². The van der Waals surface area contributed by atoms with Gasteiger partial charge in [0.25, 0.3) is 0 Å². The van der Waals surface area contributed by atoms with Crippen molar-refractivity contribution in [2.45, 2.75) is 6.92 Å².